The van der Waals surface area contributed by atoms with E-state index in [1.54, 1.807) is 0 Å². The molecule has 1 unspecified atom stereocenters. The Hall–Kier alpha value is -1.74. The molecular formula is C21H26N2S. The molecule has 0 amide bonds. The van der Waals surface area contributed by atoms with Gasteiger partial charge in [0.25, 0.3) is 0 Å². The normalized spacial score (nSPS) is 15.2. The summed E-state index contributed by atoms with van der Waals surface area (Å²) in [5, 5.41) is 4.79. The van der Waals surface area contributed by atoms with Crippen molar-refractivity contribution >= 4 is 16.9 Å². The van der Waals surface area contributed by atoms with Crippen molar-refractivity contribution < 1.29 is 0 Å². The maximum Gasteiger partial charge on any atom is 0.157 e. The zero-order chi connectivity index (χ0) is 17.1. The van der Waals surface area contributed by atoms with Gasteiger partial charge in [0.05, 0.1) is 12.6 Å². The highest BCUT2D eigenvalue weighted by molar-refractivity contribution is 8.14. The van der Waals surface area contributed by atoms with Crippen molar-refractivity contribution in [2.75, 3.05) is 12.3 Å². The van der Waals surface area contributed by atoms with Crippen LogP contribution < -0.4 is 5.32 Å². The van der Waals surface area contributed by atoms with Gasteiger partial charge in [0, 0.05) is 5.75 Å². The predicted octanol–water partition coefficient (Wildman–Crippen LogP) is 4.90. The highest BCUT2D eigenvalue weighted by Crippen LogP contribution is 2.26. The van der Waals surface area contributed by atoms with Crippen LogP contribution in [0.3, 0.4) is 0 Å². The molecule has 3 rings (SSSR count). The van der Waals surface area contributed by atoms with Crippen molar-refractivity contribution in [3.63, 3.8) is 0 Å². The van der Waals surface area contributed by atoms with Crippen LogP contribution in [0.1, 0.15) is 39.4 Å². The summed E-state index contributed by atoms with van der Waals surface area (Å²) in [5.41, 5.74) is 8.07. The van der Waals surface area contributed by atoms with Crippen LogP contribution in [-0.4, -0.2) is 17.5 Å². The largest absolute Gasteiger partial charge is 0.358 e. The molecule has 126 valence electrons. The second-order valence-corrected chi connectivity index (χ2v) is 7.88. The number of aliphatic imine (C=N–C) groups is 1. The minimum atomic E-state index is 0.260. The summed E-state index contributed by atoms with van der Waals surface area (Å²) >= 11 is 1.83. The number of benzene rings is 2. The number of hydrogen-bond donors (Lipinski definition) is 1. The Bertz CT molecular complexity index is 744. The molecular weight excluding hydrogens is 312 g/mol. The van der Waals surface area contributed by atoms with E-state index in [0.29, 0.717) is 0 Å². The Labute approximate surface area is 149 Å². The van der Waals surface area contributed by atoms with Gasteiger partial charge in [0.15, 0.2) is 5.17 Å². The van der Waals surface area contributed by atoms with Crippen molar-refractivity contribution in [1.29, 1.82) is 0 Å². The van der Waals surface area contributed by atoms with Gasteiger partial charge in [0.1, 0.15) is 0 Å². The third-order valence-corrected chi connectivity index (χ3v) is 5.32. The van der Waals surface area contributed by atoms with E-state index in [-0.39, 0.29) is 6.04 Å². The number of thioether (sulfide) groups is 1. The SMILES string of the molecule is Cc1cc(C)cc(CC(NC2=NCCS2)c2cc(C)ccc2C)c1. The zero-order valence-electron chi connectivity index (χ0n) is 15.0. The van der Waals surface area contributed by atoms with Gasteiger partial charge in [-0.15, -0.1) is 0 Å². The maximum absolute atomic E-state index is 4.60. The molecule has 0 aliphatic carbocycles. The molecule has 1 aliphatic rings. The fourth-order valence-corrected chi connectivity index (χ4v) is 4.15. The van der Waals surface area contributed by atoms with Crippen LogP contribution in [0.25, 0.3) is 0 Å². The molecule has 1 N–H and O–H groups in total. The second kappa shape index (κ2) is 7.43. The van der Waals surface area contributed by atoms with Gasteiger partial charge >= 0.3 is 0 Å². The molecule has 0 radical (unpaired) electrons. The molecule has 2 nitrogen and oxygen atoms in total. The molecule has 24 heavy (non-hydrogen) atoms. The highest BCUT2D eigenvalue weighted by atomic mass is 32.2. The summed E-state index contributed by atoms with van der Waals surface area (Å²) in [6.45, 7) is 9.64. The fourth-order valence-electron chi connectivity index (χ4n) is 3.37. The number of nitrogens with zero attached hydrogens (tertiary/aromatic N) is 1. The predicted molar refractivity (Wildman–Crippen MR) is 106 cm³/mol. The summed E-state index contributed by atoms with van der Waals surface area (Å²) in [4.78, 5) is 4.60. The molecule has 1 atom stereocenters. The molecule has 0 fully saturated rings. The monoisotopic (exact) mass is 338 g/mol. The smallest absolute Gasteiger partial charge is 0.157 e. The van der Waals surface area contributed by atoms with E-state index >= 15 is 0 Å². The maximum atomic E-state index is 4.60. The molecule has 0 saturated carbocycles. The van der Waals surface area contributed by atoms with Gasteiger partial charge in [-0.2, -0.15) is 0 Å². The third-order valence-electron chi connectivity index (χ3n) is 4.41. The van der Waals surface area contributed by atoms with E-state index in [1.807, 2.05) is 11.8 Å². The molecule has 1 aliphatic heterocycles. The van der Waals surface area contributed by atoms with Crippen LogP contribution in [-0.2, 0) is 6.42 Å². The first-order valence-corrected chi connectivity index (χ1v) is 9.58. The first kappa shape index (κ1) is 17.1. The number of amidine groups is 1. The van der Waals surface area contributed by atoms with Gasteiger partial charge in [-0.1, -0.05) is 64.9 Å². The van der Waals surface area contributed by atoms with Crippen molar-refractivity contribution in [1.82, 2.24) is 5.32 Å². The van der Waals surface area contributed by atoms with Gasteiger partial charge in [-0.25, -0.2) is 0 Å². The van der Waals surface area contributed by atoms with Crippen LogP contribution in [0.5, 0.6) is 0 Å². The quantitative estimate of drug-likeness (QED) is 0.858. The zero-order valence-corrected chi connectivity index (χ0v) is 15.8. The van der Waals surface area contributed by atoms with Gasteiger partial charge in [0.2, 0.25) is 0 Å². The Balaban J connectivity index is 1.93. The summed E-state index contributed by atoms with van der Waals surface area (Å²) < 4.78 is 0. The summed E-state index contributed by atoms with van der Waals surface area (Å²) in [6, 6.07) is 13.8. The fraction of sp³-hybridized carbons (Fsp3) is 0.381. The standard InChI is InChI=1S/C21H26N2S/c1-14-5-6-17(4)19(12-14)20(23-21-22-7-8-24-21)13-18-10-15(2)9-16(3)11-18/h5-6,9-12,20H,7-8,13H2,1-4H3,(H,22,23). The molecule has 0 aromatic heterocycles. The van der Waals surface area contributed by atoms with E-state index in [0.717, 1.165) is 23.9 Å². The molecule has 3 heteroatoms. The van der Waals surface area contributed by atoms with E-state index in [4.69, 9.17) is 0 Å². The molecule has 0 spiro atoms. The minimum absolute atomic E-state index is 0.260. The first-order chi connectivity index (χ1) is 11.5. The van der Waals surface area contributed by atoms with Crippen molar-refractivity contribution in [3.8, 4) is 0 Å². The Kier molecular flexibility index (Phi) is 5.30. The lowest BCUT2D eigenvalue weighted by atomic mass is 9.93. The van der Waals surface area contributed by atoms with E-state index in [1.165, 1.54) is 33.4 Å². The molecule has 0 saturated heterocycles. The second-order valence-electron chi connectivity index (χ2n) is 6.79. The first-order valence-electron chi connectivity index (χ1n) is 8.59. The van der Waals surface area contributed by atoms with E-state index in [9.17, 15) is 0 Å². The van der Waals surface area contributed by atoms with Crippen LogP contribution in [0, 0.1) is 27.7 Å². The van der Waals surface area contributed by atoms with Crippen LogP contribution in [0.2, 0.25) is 0 Å². The number of nitrogens with one attached hydrogen (secondary N) is 1. The molecule has 1 heterocycles. The number of hydrogen-bond acceptors (Lipinski definition) is 3. The summed E-state index contributed by atoms with van der Waals surface area (Å²) in [7, 11) is 0. The highest BCUT2D eigenvalue weighted by Gasteiger charge is 2.18. The van der Waals surface area contributed by atoms with Gasteiger partial charge in [-0.3, -0.25) is 4.99 Å². The lowest BCUT2D eigenvalue weighted by molar-refractivity contribution is 0.643. The average Bonchev–Trinajstić information content (AvgIpc) is 3.01. The average molecular weight is 339 g/mol. The molecule has 2 aromatic carbocycles. The lowest BCUT2D eigenvalue weighted by Crippen LogP contribution is -2.28. The Morgan fingerprint density at radius 3 is 2.42 bits per heavy atom. The topological polar surface area (TPSA) is 24.4 Å². The lowest BCUT2D eigenvalue weighted by Gasteiger charge is -2.23. The summed E-state index contributed by atoms with van der Waals surface area (Å²) in [6.07, 6.45) is 0.979. The van der Waals surface area contributed by atoms with Crippen molar-refractivity contribution in [3.05, 3.63) is 69.8 Å². The number of rotatable bonds is 4. The molecule has 0 bridgehead atoms. The van der Waals surface area contributed by atoms with Crippen LogP contribution in [0.15, 0.2) is 41.4 Å². The van der Waals surface area contributed by atoms with Crippen molar-refractivity contribution in [2.24, 2.45) is 4.99 Å². The minimum Gasteiger partial charge on any atom is -0.358 e. The molecule has 2 aromatic rings. The Morgan fingerprint density at radius 1 is 1.00 bits per heavy atom. The van der Waals surface area contributed by atoms with Crippen LogP contribution in [0.4, 0.5) is 0 Å². The Morgan fingerprint density at radius 2 is 1.75 bits per heavy atom. The van der Waals surface area contributed by atoms with Gasteiger partial charge < -0.3 is 5.32 Å². The van der Waals surface area contributed by atoms with Gasteiger partial charge in [-0.05, 0) is 50.8 Å². The van der Waals surface area contributed by atoms with E-state index in [2.05, 4.69) is 74.4 Å². The summed E-state index contributed by atoms with van der Waals surface area (Å²) in [5.74, 6) is 1.09. The third kappa shape index (κ3) is 4.21. The van der Waals surface area contributed by atoms with Crippen molar-refractivity contribution in [2.45, 2.75) is 40.2 Å². The number of aryl methyl sites for hydroxylation is 4. The van der Waals surface area contributed by atoms with Crippen LogP contribution >= 0.6 is 11.8 Å². The van der Waals surface area contributed by atoms with E-state index < -0.39 is 0 Å².